The van der Waals surface area contributed by atoms with E-state index in [9.17, 15) is 15.0 Å². The van der Waals surface area contributed by atoms with E-state index in [4.69, 9.17) is 0 Å². The van der Waals surface area contributed by atoms with E-state index >= 15 is 0 Å². The maximum Gasteiger partial charge on any atom is 0.278 e. The fourth-order valence-corrected chi connectivity index (χ4v) is 2.43. The van der Waals surface area contributed by atoms with Crippen LogP contribution in [0.2, 0.25) is 0 Å². The molecular weight excluding hydrogens is 310 g/mol. The van der Waals surface area contributed by atoms with Gasteiger partial charge < -0.3 is 10.2 Å². The van der Waals surface area contributed by atoms with Gasteiger partial charge >= 0.3 is 0 Å². The highest BCUT2D eigenvalue weighted by Crippen LogP contribution is 2.25. The number of rotatable bonds is 4. The third-order valence-corrected chi connectivity index (χ3v) is 3.54. The Hall–Kier alpha value is -3.00. The molecule has 0 aliphatic rings. The van der Waals surface area contributed by atoms with E-state index in [1.165, 1.54) is 34.0 Å². The van der Waals surface area contributed by atoms with Crippen LogP contribution in [0.3, 0.4) is 0 Å². The fourth-order valence-electron chi connectivity index (χ4n) is 2.43. The minimum atomic E-state index is -1.25. The molecule has 0 saturated carbocycles. The molecule has 8 heteroatoms. The van der Waals surface area contributed by atoms with Gasteiger partial charge in [-0.1, -0.05) is 6.08 Å². The zero-order valence-electron chi connectivity index (χ0n) is 13.3. The van der Waals surface area contributed by atoms with Gasteiger partial charge in [-0.2, -0.15) is 0 Å². The minimum absolute atomic E-state index is 0.0781. The average molecular weight is 327 g/mol. The van der Waals surface area contributed by atoms with E-state index in [1.54, 1.807) is 19.9 Å². The Morgan fingerprint density at radius 1 is 1.38 bits per heavy atom. The predicted molar refractivity (Wildman–Crippen MR) is 88.0 cm³/mol. The molecule has 3 rings (SSSR count). The van der Waals surface area contributed by atoms with E-state index in [0.29, 0.717) is 11.0 Å². The van der Waals surface area contributed by atoms with Crippen LogP contribution in [-0.4, -0.2) is 34.5 Å². The van der Waals surface area contributed by atoms with Crippen LogP contribution in [0.4, 0.5) is 0 Å². The maximum atomic E-state index is 12.6. The lowest BCUT2D eigenvalue weighted by molar-refractivity contribution is 0.0735. The summed E-state index contributed by atoms with van der Waals surface area (Å²) in [5, 5.41) is 20.5. The summed E-state index contributed by atoms with van der Waals surface area (Å²) in [5.74, 6) is 0.186. The molecule has 3 heterocycles. The van der Waals surface area contributed by atoms with Gasteiger partial charge in [0, 0.05) is 18.3 Å². The van der Waals surface area contributed by atoms with Crippen LogP contribution in [0.15, 0.2) is 42.1 Å². The van der Waals surface area contributed by atoms with Crippen LogP contribution in [0, 0.1) is 0 Å². The molecule has 0 aromatic carbocycles. The Morgan fingerprint density at radius 3 is 2.79 bits per heavy atom. The first-order chi connectivity index (χ1) is 11.3. The Morgan fingerprint density at radius 2 is 2.12 bits per heavy atom. The normalized spacial score (nSPS) is 11.8. The molecule has 0 unspecified atom stereocenters. The second-order valence-corrected chi connectivity index (χ2v) is 5.88. The van der Waals surface area contributed by atoms with Crippen LogP contribution >= 0.6 is 0 Å². The molecule has 0 fully saturated rings. The van der Waals surface area contributed by atoms with Gasteiger partial charge in [0.05, 0.1) is 12.2 Å². The lowest BCUT2D eigenvalue weighted by atomic mass is 10.0. The highest BCUT2D eigenvalue weighted by molar-refractivity contribution is 5.74. The number of allylic oxidation sites excluding steroid dienone is 1. The molecule has 124 valence electrons. The third kappa shape index (κ3) is 2.56. The molecule has 0 amide bonds. The summed E-state index contributed by atoms with van der Waals surface area (Å²) < 4.78 is 2.87. The topological polar surface area (TPSA) is 106 Å². The molecule has 0 bridgehead atoms. The molecule has 0 atom stereocenters. The summed E-state index contributed by atoms with van der Waals surface area (Å²) in [5.41, 5.74) is -0.919. The summed E-state index contributed by atoms with van der Waals surface area (Å²) in [6.07, 6.45) is 4.33. The molecule has 24 heavy (non-hydrogen) atoms. The Labute approximate surface area is 137 Å². The second kappa shape index (κ2) is 5.57. The molecular formula is C16H17N5O3. The van der Waals surface area contributed by atoms with Crippen molar-refractivity contribution < 1.29 is 10.2 Å². The molecule has 0 aliphatic heterocycles. The summed E-state index contributed by atoms with van der Waals surface area (Å²) >= 11 is 0. The summed E-state index contributed by atoms with van der Waals surface area (Å²) in [6.45, 7) is 7.01. The Balaban J connectivity index is 2.38. The highest BCUT2D eigenvalue weighted by atomic mass is 16.3. The van der Waals surface area contributed by atoms with Gasteiger partial charge in [0.25, 0.3) is 5.56 Å². The zero-order chi connectivity index (χ0) is 17.5. The molecule has 3 aromatic heterocycles. The van der Waals surface area contributed by atoms with Crippen molar-refractivity contribution in [2.75, 3.05) is 0 Å². The van der Waals surface area contributed by atoms with E-state index in [1.807, 2.05) is 0 Å². The van der Waals surface area contributed by atoms with Crippen LogP contribution in [-0.2, 0) is 12.1 Å². The predicted octanol–water partition coefficient (Wildman–Crippen LogP) is 1.10. The first-order valence-corrected chi connectivity index (χ1v) is 7.29. The highest BCUT2D eigenvalue weighted by Gasteiger charge is 2.22. The van der Waals surface area contributed by atoms with Crippen molar-refractivity contribution in [3.63, 3.8) is 0 Å². The van der Waals surface area contributed by atoms with Crippen LogP contribution in [0.25, 0.3) is 16.9 Å². The summed E-state index contributed by atoms with van der Waals surface area (Å²) in [4.78, 5) is 25.0. The van der Waals surface area contributed by atoms with Gasteiger partial charge in [-0.15, -0.1) is 6.58 Å². The number of nitrogens with zero attached hydrogens (tertiary/aromatic N) is 5. The van der Waals surface area contributed by atoms with Crippen LogP contribution in [0.1, 0.15) is 19.5 Å². The number of aromatic hydroxyl groups is 1. The molecule has 0 saturated heterocycles. The van der Waals surface area contributed by atoms with Gasteiger partial charge in [0.15, 0.2) is 11.5 Å². The van der Waals surface area contributed by atoms with Crippen LogP contribution < -0.4 is 5.56 Å². The lowest BCUT2D eigenvalue weighted by Gasteiger charge is -2.19. The molecule has 8 nitrogen and oxygen atoms in total. The summed E-state index contributed by atoms with van der Waals surface area (Å²) in [6, 6.07) is 2.77. The second-order valence-electron chi connectivity index (χ2n) is 5.88. The molecule has 2 N–H and O–H groups in total. The SMILES string of the molecule is C=CCn1c(=O)c2cncnc2n1-c1cc(O)cc(C(C)(C)O)n1. The minimum Gasteiger partial charge on any atom is -0.508 e. The monoisotopic (exact) mass is 327 g/mol. The number of aromatic nitrogens is 5. The average Bonchev–Trinajstić information content (AvgIpc) is 2.79. The molecule has 0 aliphatic carbocycles. The van der Waals surface area contributed by atoms with Crippen molar-refractivity contribution >= 4 is 11.0 Å². The zero-order valence-corrected chi connectivity index (χ0v) is 13.3. The lowest BCUT2D eigenvalue weighted by Crippen LogP contribution is -2.24. The fraction of sp³-hybridized carbons (Fsp3) is 0.250. The smallest absolute Gasteiger partial charge is 0.278 e. The van der Waals surface area contributed by atoms with Gasteiger partial charge in [-0.25, -0.2) is 24.3 Å². The Kier molecular flexibility index (Phi) is 3.69. The van der Waals surface area contributed by atoms with Gasteiger partial charge in [0.2, 0.25) is 0 Å². The first-order valence-electron chi connectivity index (χ1n) is 7.29. The van der Waals surface area contributed by atoms with Gasteiger partial charge in [0.1, 0.15) is 23.1 Å². The Bertz CT molecular complexity index is 982. The molecule has 0 radical (unpaired) electrons. The maximum absolute atomic E-state index is 12.6. The number of aliphatic hydroxyl groups is 1. The van der Waals surface area contributed by atoms with Crippen molar-refractivity contribution in [3.8, 4) is 11.6 Å². The van der Waals surface area contributed by atoms with Crippen molar-refractivity contribution in [1.82, 2.24) is 24.3 Å². The number of fused-ring (bicyclic) bond motifs is 1. The van der Waals surface area contributed by atoms with Crippen molar-refractivity contribution in [3.05, 3.63) is 53.4 Å². The van der Waals surface area contributed by atoms with E-state index in [-0.39, 0.29) is 29.4 Å². The quantitative estimate of drug-likeness (QED) is 0.695. The molecule has 0 spiro atoms. The summed E-state index contributed by atoms with van der Waals surface area (Å²) in [7, 11) is 0. The number of pyridine rings is 1. The number of hydrogen-bond acceptors (Lipinski definition) is 6. The number of hydrogen-bond donors (Lipinski definition) is 2. The standard InChI is InChI=1S/C16H17N5O3/c1-4-5-20-15(23)11-8-17-9-18-14(11)21(20)13-7-10(22)6-12(19-13)16(2,3)24/h4,6-9,24H,1,5H2,2-3H3,(H,19,22). The van der Waals surface area contributed by atoms with E-state index in [0.717, 1.165) is 0 Å². The van der Waals surface area contributed by atoms with E-state index in [2.05, 4.69) is 21.5 Å². The largest absolute Gasteiger partial charge is 0.508 e. The van der Waals surface area contributed by atoms with Crippen LogP contribution in [0.5, 0.6) is 5.75 Å². The molecule has 3 aromatic rings. The van der Waals surface area contributed by atoms with Gasteiger partial charge in [-0.05, 0) is 13.8 Å². The van der Waals surface area contributed by atoms with Crippen molar-refractivity contribution in [2.24, 2.45) is 0 Å². The van der Waals surface area contributed by atoms with Crippen molar-refractivity contribution in [1.29, 1.82) is 0 Å². The third-order valence-electron chi connectivity index (χ3n) is 3.54. The van der Waals surface area contributed by atoms with Crippen molar-refractivity contribution in [2.45, 2.75) is 26.0 Å². The van der Waals surface area contributed by atoms with Gasteiger partial charge in [-0.3, -0.25) is 4.79 Å². The first kappa shape index (κ1) is 15.9. The van der Waals surface area contributed by atoms with E-state index < -0.39 is 5.60 Å².